The number of nitro groups is 1. The molecule has 2 aromatic carbocycles. The van der Waals surface area contributed by atoms with Gasteiger partial charge in [-0.1, -0.05) is 36.4 Å². The third-order valence-electron chi connectivity index (χ3n) is 3.94. The van der Waals surface area contributed by atoms with Crippen LogP contribution in [0.25, 0.3) is 5.57 Å². The maximum absolute atomic E-state index is 11.5. The second-order valence-electron chi connectivity index (χ2n) is 5.96. The number of ether oxygens (including phenoxy) is 2. The molecule has 0 saturated heterocycles. The van der Waals surface area contributed by atoms with E-state index in [0.717, 1.165) is 12.8 Å². The lowest BCUT2D eigenvalue weighted by atomic mass is 10.1. The molecule has 0 heterocycles. The molecule has 0 aliphatic rings. The van der Waals surface area contributed by atoms with Gasteiger partial charge in [-0.2, -0.15) is 0 Å². The van der Waals surface area contributed by atoms with E-state index in [2.05, 4.69) is 0 Å². The summed E-state index contributed by atoms with van der Waals surface area (Å²) in [4.78, 5) is 22.5. The molecule has 0 amide bonds. The Morgan fingerprint density at radius 2 is 1.93 bits per heavy atom. The number of nitrogens with zero attached hydrogens (tertiary/aromatic N) is 1. The maximum Gasteiger partial charge on any atom is 0.331 e. The van der Waals surface area contributed by atoms with Gasteiger partial charge in [0.05, 0.1) is 18.1 Å². The number of allylic oxidation sites excluding steroid dienone is 1. The normalized spacial score (nSPS) is 11.1. The zero-order chi connectivity index (χ0) is 19.6. The van der Waals surface area contributed by atoms with E-state index in [1.165, 1.54) is 17.7 Å². The molecule has 0 aromatic heterocycles. The summed E-state index contributed by atoms with van der Waals surface area (Å²) in [6.45, 7) is 4.08. The Kier molecular flexibility index (Phi) is 7.55. The molecule has 0 N–H and O–H groups in total. The van der Waals surface area contributed by atoms with Crippen LogP contribution in [0.15, 0.2) is 54.6 Å². The van der Waals surface area contributed by atoms with E-state index in [4.69, 9.17) is 9.47 Å². The minimum absolute atomic E-state index is 0.121. The van der Waals surface area contributed by atoms with Crippen molar-refractivity contribution >= 4 is 17.2 Å². The van der Waals surface area contributed by atoms with Crippen LogP contribution in [0.5, 0.6) is 5.75 Å². The van der Waals surface area contributed by atoms with Gasteiger partial charge in [0, 0.05) is 12.1 Å². The molecule has 0 unspecified atom stereocenters. The molecule has 0 aliphatic heterocycles. The molecular weight excluding hydrogens is 346 g/mol. The second kappa shape index (κ2) is 10.1. The molecule has 0 radical (unpaired) electrons. The molecule has 6 nitrogen and oxygen atoms in total. The fourth-order valence-electron chi connectivity index (χ4n) is 2.57. The van der Waals surface area contributed by atoms with Crippen LogP contribution in [0.3, 0.4) is 0 Å². The number of hydrogen-bond donors (Lipinski definition) is 0. The fourth-order valence-corrected chi connectivity index (χ4v) is 2.57. The number of nitro benzene ring substituents is 1. The summed E-state index contributed by atoms with van der Waals surface area (Å²) in [6.07, 6.45) is 2.92. The number of aryl methyl sites for hydroxylation is 1. The van der Waals surface area contributed by atoms with E-state index in [-0.39, 0.29) is 18.0 Å². The standard InChI is InChI=1S/C21H23NO5/c1-3-26-21(23)14-16(2)18-11-12-20(19(15-18)22(24)25)27-13-7-10-17-8-5-4-6-9-17/h4-6,8-9,11-12,14-15H,3,7,10,13H2,1-2H3. The zero-order valence-electron chi connectivity index (χ0n) is 15.5. The summed E-state index contributed by atoms with van der Waals surface area (Å²) < 4.78 is 10.5. The first-order chi connectivity index (χ1) is 13.0. The quantitative estimate of drug-likeness (QED) is 0.213. The molecule has 0 bridgehead atoms. The minimum Gasteiger partial charge on any atom is -0.487 e. The molecule has 2 aromatic rings. The Bertz CT molecular complexity index is 815. The highest BCUT2D eigenvalue weighted by Crippen LogP contribution is 2.30. The largest absolute Gasteiger partial charge is 0.487 e. The van der Waals surface area contributed by atoms with Gasteiger partial charge in [-0.15, -0.1) is 0 Å². The highest BCUT2D eigenvalue weighted by atomic mass is 16.6. The minimum atomic E-state index is -0.478. The molecule has 142 valence electrons. The number of benzene rings is 2. The van der Waals surface area contributed by atoms with Crippen molar-refractivity contribution in [3.63, 3.8) is 0 Å². The van der Waals surface area contributed by atoms with E-state index >= 15 is 0 Å². The summed E-state index contributed by atoms with van der Waals surface area (Å²) in [5, 5.41) is 11.4. The second-order valence-corrected chi connectivity index (χ2v) is 5.96. The van der Waals surface area contributed by atoms with Gasteiger partial charge in [0.2, 0.25) is 0 Å². The molecule has 0 fully saturated rings. The van der Waals surface area contributed by atoms with Crippen LogP contribution >= 0.6 is 0 Å². The Morgan fingerprint density at radius 3 is 2.59 bits per heavy atom. The highest BCUT2D eigenvalue weighted by Gasteiger charge is 2.17. The predicted octanol–water partition coefficient (Wildman–Crippen LogP) is 4.57. The van der Waals surface area contributed by atoms with Crippen LogP contribution in [-0.4, -0.2) is 24.1 Å². The number of carbonyl (C=O) groups excluding carboxylic acids is 1. The topological polar surface area (TPSA) is 78.7 Å². The van der Waals surface area contributed by atoms with E-state index in [0.29, 0.717) is 17.7 Å². The summed E-state index contributed by atoms with van der Waals surface area (Å²) in [5.41, 5.74) is 2.24. The smallest absolute Gasteiger partial charge is 0.331 e. The first-order valence-corrected chi connectivity index (χ1v) is 8.82. The molecule has 0 atom stereocenters. The average molecular weight is 369 g/mol. The van der Waals surface area contributed by atoms with Crippen molar-refractivity contribution < 1.29 is 19.2 Å². The molecule has 2 rings (SSSR count). The van der Waals surface area contributed by atoms with Gasteiger partial charge in [0.1, 0.15) is 0 Å². The molecular formula is C21H23NO5. The van der Waals surface area contributed by atoms with Crippen molar-refractivity contribution in [3.8, 4) is 5.75 Å². The third kappa shape index (κ3) is 6.26. The van der Waals surface area contributed by atoms with E-state index in [9.17, 15) is 14.9 Å². The molecule has 0 spiro atoms. The lowest BCUT2D eigenvalue weighted by Gasteiger charge is -2.09. The third-order valence-corrected chi connectivity index (χ3v) is 3.94. The summed E-state index contributed by atoms with van der Waals surface area (Å²) in [6, 6.07) is 14.7. The van der Waals surface area contributed by atoms with E-state index < -0.39 is 10.9 Å². The van der Waals surface area contributed by atoms with Crippen molar-refractivity contribution in [1.82, 2.24) is 0 Å². The lowest BCUT2D eigenvalue weighted by molar-refractivity contribution is -0.385. The SMILES string of the molecule is CCOC(=O)C=C(C)c1ccc(OCCCc2ccccc2)c([N+](=O)[O-])c1. The van der Waals surface area contributed by atoms with Crippen LogP contribution in [-0.2, 0) is 16.0 Å². The highest BCUT2D eigenvalue weighted by molar-refractivity contribution is 5.91. The Morgan fingerprint density at radius 1 is 1.19 bits per heavy atom. The van der Waals surface area contributed by atoms with Gasteiger partial charge >= 0.3 is 11.7 Å². The van der Waals surface area contributed by atoms with Gasteiger partial charge in [0.25, 0.3) is 0 Å². The van der Waals surface area contributed by atoms with Crippen molar-refractivity contribution in [2.45, 2.75) is 26.7 Å². The fraction of sp³-hybridized carbons (Fsp3) is 0.286. The summed E-state index contributed by atoms with van der Waals surface area (Å²) in [5.74, 6) is -0.250. The van der Waals surface area contributed by atoms with Crippen LogP contribution in [0.4, 0.5) is 5.69 Å². The average Bonchev–Trinajstić information content (AvgIpc) is 2.66. The molecule has 0 saturated carbocycles. The van der Waals surface area contributed by atoms with Gasteiger partial charge in [-0.05, 0) is 49.5 Å². The van der Waals surface area contributed by atoms with Crippen molar-refractivity contribution in [3.05, 3.63) is 75.8 Å². The summed E-state index contributed by atoms with van der Waals surface area (Å²) in [7, 11) is 0. The van der Waals surface area contributed by atoms with Crippen molar-refractivity contribution in [1.29, 1.82) is 0 Å². The monoisotopic (exact) mass is 369 g/mol. The molecule has 6 heteroatoms. The van der Waals surface area contributed by atoms with E-state index in [1.807, 2.05) is 30.3 Å². The predicted molar refractivity (Wildman–Crippen MR) is 104 cm³/mol. The Balaban J connectivity index is 2.04. The number of carbonyl (C=O) groups is 1. The van der Waals surface area contributed by atoms with Gasteiger partial charge in [-0.25, -0.2) is 4.79 Å². The van der Waals surface area contributed by atoms with Crippen molar-refractivity contribution in [2.24, 2.45) is 0 Å². The van der Waals surface area contributed by atoms with Crippen LogP contribution in [0.1, 0.15) is 31.4 Å². The van der Waals surface area contributed by atoms with Crippen LogP contribution < -0.4 is 4.74 Å². The van der Waals surface area contributed by atoms with Crippen molar-refractivity contribution in [2.75, 3.05) is 13.2 Å². The first-order valence-electron chi connectivity index (χ1n) is 8.82. The lowest BCUT2D eigenvalue weighted by Crippen LogP contribution is -2.03. The van der Waals surface area contributed by atoms with E-state index in [1.54, 1.807) is 26.0 Å². The van der Waals surface area contributed by atoms with Gasteiger partial charge in [0.15, 0.2) is 5.75 Å². The Labute approximate surface area is 158 Å². The number of hydrogen-bond acceptors (Lipinski definition) is 5. The zero-order valence-corrected chi connectivity index (χ0v) is 15.5. The number of rotatable bonds is 9. The number of esters is 1. The molecule has 0 aliphatic carbocycles. The van der Waals surface area contributed by atoms with Crippen LogP contribution in [0, 0.1) is 10.1 Å². The first kappa shape index (κ1) is 20.2. The molecule has 27 heavy (non-hydrogen) atoms. The van der Waals surface area contributed by atoms with Gasteiger partial charge < -0.3 is 9.47 Å². The van der Waals surface area contributed by atoms with Gasteiger partial charge in [-0.3, -0.25) is 10.1 Å². The van der Waals surface area contributed by atoms with Crippen LogP contribution in [0.2, 0.25) is 0 Å². The Hall–Kier alpha value is -3.15. The maximum atomic E-state index is 11.5. The summed E-state index contributed by atoms with van der Waals surface area (Å²) >= 11 is 0.